The predicted octanol–water partition coefficient (Wildman–Crippen LogP) is -0.525. The van der Waals surface area contributed by atoms with Crippen molar-refractivity contribution in [2.24, 2.45) is 5.10 Å². The summed E-state index contributed by atoms with van der Waals surface area (Å²) in [5.41, 5.74) is 10.1. The number of benzene rings is 1. The van der Waals surface area contributed by atoms with Gasteiger partial charge < -0.3 is 30.5 Å². The third-order valence-electron chi connectivity index (χ3n) is 4.71. The Morgan fingerprint density at radius 1 is 1.33 bits per heavy atom. The molecule has 30 heavy (non-hydrogen) atoms. The van der Waals surface area contributed by atoms with Crippen LogP contribution in [0.25, 0.3) is 11.2 Å². The predicted molar refractivity (Wildman–Crippen MR) is 107 cm³/mol. The van der Waals surface area contributed by atoms with Crippen molar-refractivity contribution < 1.29 is 24.8 Å². The number of nitrogens with one attached hydrogen (secondary N) is 1. The van der Waals surface area contributed by atoms with Crippen LogP contribution in [-0.2, 0) is 4.74 Å². The zero-order valence-electron chi connectivity index (χ0n) is 16.0. The Balaban J connectivity index is 1.60. The third-order valence-corrected chi connectivity index (χ3v) is 4.71. The number of hydrogen-bond donors (Lipinski definition) is 5. The van der Waals surface area contributed by atoms with Gasteiger partial charge in [-0.15, -0.1) is 0 Å². The van der Waals surface area contributed by atoms with E-state index in [1.165, 1.54) is 10.9 Å². The molecule has 4 atom stereocenters. The minimum absolute atomic E-state index is 0.101. The van der Waals surface area contributed by atoms with Crippen LogP contribution in [0.4, 0.5) is 11.8 Å². The van der Waals surface area contributed by atoms with Gasteiger partial charge in [-0.3, -0.25) is 4.57 Å². The summed E-state index contributed by atoms with van der Waals surface area (Å²) in [6, 6.07) is 7.31. The molecule has 2 aromatic heterocycles. The number of imidazole rings is 1. The molecule has 4 rings (SSSR count). The molecule has 0 radical (unpaired) electrons. The summed E-state index contributed by atoms with van der Waals surface area (Å²) in [6.07, 6.45) is -1.51. The van der Waals surface area contributed by atoms with Crippen LogP contribution < -0.4 is 15.9 Å². The number of rotatable bonds is 6. The largest absolute Gasteiger partial charge is 0.497 e. The monoisotopic (exact) mass is 415 g/mol. The summed E-state index contributed by atoms with van der Waals surface area (Å²) < 4.78 is 12.1. The lowest BCUT2D eigenvalue weighted by Crippen LogP contribution is -2.33. The number of fused-ring (bicyclic) bond motifs is 1. The SMILES string of the molecule is COc1cccc(/C=N/Nc2nc(N)c3ncn(C4OC(CO)C(O)C4O)c3n2)c1. The van der Waals surface area contributed by atoms with E-state index in [-0.39, 0.29) is 17.4 Å². The molecule has 12 heteroatoms. The Morgan fingerprint density at radius 3 is 2.90 bits per heavy atom. The maximum atomic E-state index is 10.3. The van der Waals surface area contributed by atoms with Crippen LogP contribution in [0.5, 0.6) is 5.75 Å². The van der Waals surface area contributed by atoms with E-state index < -0.39 is 31.1 Å². The molecule has 3 heterocycles. The molecule has 1 fully saturated rings. The molecule has 12 nitrogen and oxygen atoms in total. The molecule has 3 aromatic rings. The van der Waals surface area contributed by atoms with Gasteiger partial charge in [0.2, 0.25) is 5.95 Å². The van der Waals surface area contributed by atoms with Crippen molar-refractivity contribution in [2.45, 2.75) is 24.5 Å². The number of ether oxygens (including phenoxy) is 2. The van der Waals surface area contributed by atoms with E-state index in [0.29, 0.717) is 11.3 Å². The van der Waals surface area contributed by atoms with Gasteiger partial charge in [0.05, 0.1) is 26.3 Å². The van der Waals surface area contributed by atoms with Crippen LogP contribution in [0.2, 0.25) is 0 Å². The standard InChI is InChI=1S/C18H21N7O5/c1-29-10-4-2-3-9(5-10)6-21-24-18-22-15(19)12-16(23-18)25(8-20-12)17-14(28)13(27)11(7-26)30-17/h2-6,8,11,13-14,17,26-28H,7H2,1H3,(H3,19,22,23,24)/b21-6+. The molecule has 1 saturated heterocycles. The van der Waals surface area contributed by atoms with E-state index in [9.17, 15) is 15.3 Å². The first-order valence-electron chi connectivity index (χ1n) is 9.07. The van der Waals surface area contributed by atoms with Gasteiger partial charge in [-0.05, 0) is 17.7 Å². The minimum atomic E-state index is -1.28. The first-order valence-corrected chi connectivity index (χ1v) is 9.07. The summed E-state index contributed by atoms with van der Waals surface area (Å²) in [4.78, 5) is 12.6. The van der Waals surface area contributed by atoms with Gasteiger partial charge in [-0.2, -0.15) is 15.1 Å². The van der Waals surface area contributed by atoms with Gasteiger partial charge in [0, 0.05) is 0 Å². The fourth-order valence-corrected chi connectivity index (χ4v) is 3.17. The molecule has 0 aliphatic carbocycles. The molecule has 0 amide bonds. The summed E-state index contributed by atoms with van der Waals surface area (Å²) in [6.45, 7) is -0.440. The fraction of sp³-hybridized carbons (Fsp3) is 0.333. The zero-order valence-corrected chi connectivity index (χ0v) is 16.0. The molecular weight excluding hydrogens is 394 g/mol. The van der Waals surface area contributed by atoms with E-state index in [0.717, 1.165) is 5.56 Å². The smallest absolute Gasteiger partial charge is 0.247 e. The molecule has 4 unspecified atom stereocenters. The summed E-state index contributed by atoms with van der Waals surface area (Å²) in [7, 11) is 1.58. The normalized spacial score (nSPS) is 24.0. The van der Waals surface area contributed by atoms with Crippen LogP contribution in [0.1, 0.15) is 11.8 Å². The number of aliphatic hydroxyl groups excluding tert-OH is 3. The molecule has 158 valence electrons. The first kappa shape index (κ1) is 20.0. The Kier molecular flexibility index (Phi) is 5.46. The van der Waals surface area contributed by atoms with Crippen molar-refractivity contribution in [3.8, 4) is 5.75 Å². The third kappa shape index (κ3) is 3.64. The van der Waals surface area contributed by atoms with Crippen molar-refractivity contribution in [2.75, 3.05) is 24.9 Å². The molecule has 6 N–H and O–H groups in total. The quantitative estimate of drug-likeness (QED) is 0.260. The molecule has 1 aromatic carbocycles. The highest BCUT2D eigenvalue weighted by molar-refractivity contribution is 5.83. The van der Waals surface area contributed by atoms with Crippen LogP contribution in [-0.4, -0.2) is 73.1 Å². The Labute approximate surface area is 170 Å². The highest BCUT2D eigenvalue weighted by Gasteiger charge is 2.44. The number of hydrogen-bond acceptors (Lipinski definition) is 11. The van der Waals surface area contributed by atoms with Crippen LogP contribution in [0.3, 0.4) is 0 Å². The van der Waals surface area contributed by atoms with Gasteiger partial charge in [0.25, 0.3) is 0 Å². The summed E-state index contributed by atoms with van der Waals surface area (Å²) in [5.74, 6) is 0.903. The van der Waals surface area contributed by atoms with Gasteiger partial charge in [0.1, 0.15) is 29.6 Å². The van der Waals surface area contributed by atoms with Crippen LogP contribution in [0.15, 0.2) is 35.7 Å². The second-order valence-electron chi connectivity index (χ2n) is 6.63. The maximum absolute atomic E-state index is 10.3. The number of anilines is 2. The van der Waals surface area contributed by atoms with Gasteiger partial charge in [-0.25, -0.2) is 10.4 Å². The molecule has 0 spiro atoms. The average Bonchev–Trinajstić information content (AvgIpc) is 3.29. The van der Waals surface area contributed by atoms with Crippen molar-refractivity contribution in [1.29, 1.82) is 0 Å². The van der Waals surface area contributed by atoms with E-state index >= 15 is 0 Å². The minimum Gasteiger partial charge on any atom is -0.497 e. The lowest BCUT2D eigenvalue weighted by Gasteiger charge is -2.16. The van der Waals surface area contributed by atoms with E-state index in [1.807, 2.05) is 18.2 Å². The van der Waals surface area contributed by atoms with Crippen molar-refractivity contribution in [1.82, 2.24) is 19.5 Å². The van der Waals surface area contributed by atoms with E-state index in [4.69, 9.17) is 15.2 Å². The van der Waals surface area contributed by atoms with Crippen molar-refractivity contribution in [3.05, 3.63) is 36.2 Å². The molecule has 1 aliphatic rings. The van der Waals surface area contributed by atoms with Crippen LogP contribution in [0, 0.1) is 0 Å². The van der Waals surface area contributed by atoms with Crippen molar-refractivity contribution in [3.63, 3.8) is 0 Å². The molecule has 0 saturated carbocycles. The van der Waals surface area contributed by atoms with Crippen molar-refractivity contribution >= 4 is 29.1 Å². The fourth-order valence-electron chi connectivity index (χ4n) is 3.17. The Hall–Kier alpha value is -3.32. The summed E-state index contributed by atoms with van der Waals surface area (Å²) in [5, 5.41) is 33.7. The van der Waals surface area contributed by atoms with E-state index in [1.54, 1.807) is 19.4 Å². The highest BCUT2D eigenvalue weighted by atomic mass is 16.6. The summed E-state index contributed by atoms with van der Waals surface area (Å²) >= 11 is 0. The average molecular weight is 415 g/mol. The van der Waals surface area contributed by atoms with Gasteiger partial charge >= 0.3 is 0 Å². The Morgan fingerprint density at radius 2 is 2.17 bits per heavy atom. The zero-order chi connectivity index (χ0) is 21.3. The topological polar surface area (TPSA) is 173 Å². The molecule has 1 aliphatic heterocycles. The second kappa shape index (κ2) is 8.20. The number of nitrogen functional groups attached to an aromatic ring is 1. The maximum Gasteiger partial charge on any atom is 0.247 e. The first-order chi connectivity index (χ1) is 14.5. The number of aromatic nitrogens is 4. The molecular formula is C18H21N7O5. The number of nitrogens with two attached hydrogens (primary N) is 1. The Bertz CT molecular complexity index is 1070. The lowest BCUT2D eigenvalue weighted by molar-refractivity contribution is -0.0511. The van der Waals surface area contributed by atoms with E-state index in [2.05, 4.69) is 25.5 Å². The van der Waals surface area contributed by atoms with Gasteiger partial charge in [-0.1, -0.05) is 12.1 Å². The number of nitrogens with zero attached hydrogens (tertiary/aromatic N) is 5. The highest BCUT2D eigenvalue weighted by Crippen LogP contribution is 2.32. The van der Waals surface area contributed by atoms with Gasteiger partial charge in [0.15, 0.2) is 17.7 Å². The lowest BCUT2D eigenvalue weighted by atomic mass is 10.1. The van der Waals surface area contributed by atoms with Crippen LogP contribution >= 0.6 is 0 Å². The number of hydrazone groups is 1. The second-order valence-corrected chi connectivity index (χ2v) is 6.63. The number of aliphatic hydroxyl groups is 3. The number of methoxy groups -OCH3 is 1. The molecule has 0 bridgehead atoms.